The van der Waals surface area contributed by atoms with Gasteiger partial charge in [0.25, 0.3) is 0 Å². The third-order valence-corrected chi connectivity index (χ3v) is 5.19. The molecule has 18 heavy (non-hydrogen) atoms. The van der Waals surface area contributed by atoms with E-state index in [4.69, 9.17) is 0 Å². The van der Waals surface area contributed by atoms with Crippen LogP contribution in [0.25, 0.3) is 0 Å². The molecular formula is C14H24BrN3. The van der Waals surface area contributed by atoms with E-state index in [1.165, 1.54) is 31.4 Å². The second kappa shape index (κ2) is 5.33. The molecular weight excluding hydrogens is 290 g/mol. The normalized spacial score (nSPS) is 20.3. The molecule has 1 aliphatic rings. The summed E-state index contributed by atoms with van der Waals surface area (Å²) in [6.07, 6.45) is 5.25. The quantitative estimate of drug-likeness (QED) is 0.925. The van der Waals surface area contributed by atoms with Crippen LogP contribution in [0.1, 0.15) is 50.9 Å². The Morgan fingerprint density at radius 2 is 2.00 bits per heavy atom. The smallest absolute Gasteiger partial charge is 0.0739 e. The fourth-order valence-electron chi connectivity index (χ4n) is 2.72. The molecule has 1 heterocycles. The lowest BCUT2D eigenvalue weighted by Crippen LogP contribution is -2.35. The van der Waals surface area contributed by atoms with Crippen LogP contribution in [0.3, 0.4) is 0 Å². The highest BCUT2D eigenvalue weighted by Crippen LogP contribution is 2.35. The van der Waals surface area contributed by atoms with Gasteiger partial charge in [-0.05, 0) is 54.0 Å². The van der Waals surface area contributed by atoms with Crippen LogP contribution in [0.15, 0.2) is 4.47 Å². The Kier molecular flexibility index (Phi) is 4.17. The maximum Gasteiger partial charge on any atom is 0.0739 e. The standard InChI is InChI=1S/C14H24BrN3/c1-10-13(15)12(18(4)17-10)9-16-11-5-7-14(2,3)8-6-11/h11,16H,5-9H2,1-4H3. The molecule has 3 nitrogen and oxygen atoms in total. The molecule has 2 rings (SSSR count). The predicted molar refractivity (Wildman–Crippen MR) is 78.5 cm³/mol. The van der Waals surface area contributed by atoms with Crippen LogP contribution < -0.4 is 5.32 Å². The third-order valence-electron chi connectivity index (χ3n) is 4.16. The lowest BCUT2D eigenvalue weighted by atomic mass is 9.75. The number of hydrogen-bond donors (Lipinski definition) is 1. The second-order valence-electron chi connectivity index (χ2n) is 6.29. The monoisotopic (exact) mass is 313 g/mol. The minimum atomic E-state index is 0.544. The largest absolute Gasteiger partial charge is 0.308 e. The Hall–Kier alpha value is -0.350. The van der Waals surface area contributed by atoms with Crippen LogP contribution in [0.4, 0.5) is 0 Å². The summed E-state index contributed by atoms with van der Waals surface area (Å²) < 4.78 is 3.12. The average Bonchev–Trinajstić information content (AvgIpc) is 2.53. The second-order valence-corrected chi connectivity index (χ2v) is 7.08. The van der Waals surface area contributed by atoms with Crippen molar-refractivity contribution in [2.24, 2.45) is 12.5 Å². The highest BCUT2D eigenvalue weighted by molar-refractivity contribution is 9.10. The molecule has 4 heteroatoms. The molecule has 1 aliphatic carbocycles. The predicted octanol–water partition coefficient (Wildman–Crippen LogP) is 3.55. The van der Waals surface area contributed by atoms with E-state index in [2.05, 4.69) is 40.2 Å². The number of halogens is 1. The van der Waals surface area contributed by atoms with E-state index in [0.717, 1.165) is 16.7 Å². The van der Waals surface area contributed by atoms with E-state index in [1.807, 2.05) is 18.7 Å². The highest BCUT2D eigenvalue weighted by Gasteiger charge is 2.26. The van der Waals surface area contributed by atoms with Crippen molar-refractivity contribution in [3.05, 3.63) is 15.9 Å². The fourth-order valence-corrected chi connectivity index (χ4v) is 3.19. The van der Waals surface area contributed by atoms with Gasteiger partial charge in [0.15, 0.2) is 0 Å². The Labute approximate surface area is 118 Å². The molecule has 0 radical (unpaired) electrons. The van der Waals surface area contributed by atoms with Crippen LogP contribution >= 0.6 is 15.9 Å². The first-order chi connectivity index (χ1) is 8.39. The van der Waals surface area contributed by atoms with Gasteiger partial charge in [-0.1, -0.05) is 13.8 Å². The zero-order valence-electron chi connectivity index (χ0n) is 11.9. The molecule has 0 atom stereocenters. The molecule has 1 aromatic rings. The van der Waals surface area contributed by atoms with Crippen LogP contribution in [-0.2, 0) is 13.6 Å². The van der Waals surface area contributed by atoms with Gasteiger partial charge in [0.2, 0.25) is 0 Å². The van der Waals surface area contributed by atoms with E-state index < -0.39 is 0 Å². The van der Waals surface area contributed by atoms with E-state index in [1.54, 1.807) is 0 Å². The van der Waals surface area contributed by atoms with Crippen LogP contribution in [-0.4, -0.2) is 15.8 Å². The summed E-state index contributed by atoms with van der Waals surface area (Å²) >= 11 is 3.62. The zero-order chi connectivity index (χ0) is 13.3. The van der Waals surface area contributed by atoms with Gasteiger partial charge in [0, 0.05) is 19.6 Å². The minimum Gasteiger partial charge on any atom is -0.308 e. The summed E-state index contributed by atoms with van der Waals surface area (Å²) in [6.45, 7) is 7.70. The molecule has 1 N–H and O–H groups in total. The van der Waals surface area contributed by atoms with Crippen molar-refractivity contribution in [3.8, 4) is 0 Å². The van der Waals surface area contributed by atoms with Gasteiger partial charge >= 0.3 is 0 Å². The zero-order valence-corrected chi connectivity index (χ0v) is 13.5. The first-order valence-electron chi connectivity index (χ1n) is 6.80. The summed E-state index contributed by atoms with van der Waals surface area (Å²) in [5, 5.41) is 8.11. The minimum absolute atomic E-state index is 0.544. The van der Waals surface area contributed by atoms with Crippen molar-refractivity contribution in [2.45, 2.75) is 59.0 Å². The number of rotatable bonds is 3. The van der Waals surface area contributed by atoms with E-state index in [9.17, 15) is 0 Å². The summed E-state index contributed by atoms with van der Waals surface area (Å²) in [7, 11) is 2.01. The Morgan fingerprint density at radius 1 is 1.39 bits per heavy atom. The first kappa shape index (κ1) is 14.1. The lowest BCUT2D eigenvalue weighted by molar-refractivity contribution is 0.205. The van der Waals surface area contributed by atoms with Gasteiger partial charge in [0.05, 0.1) is 15.9 Å². The van der Waals surface area contributed by atoms with Gasteiger partial charge in [-0.3, -0.25) is 4.68 Å². The lowest BCUT2D eigenvalue weighted by Gasteiger charge is -2.34. The molecule has 1 saturated carbocycles. The van der Waals surface area contributed by atoms with Crippen molar-refractivity contribution in [3.63, 3.8) is 0 Å². The van der Waals surface area contributed by atoms with Crippen LogP contribution in [0, 0.1) is 12.3 Å². The third kappa shape index (κ3) is 3.15. The van der Waals surface area contributed by atoms with Gasteiger partial charge < -0.3 is 5.32 Å². The average molecular weight is 314 g/mol. The van der Waals surface area contributed by atoms with E-state index in [-0.39, 0.29) is 0 Å². The maximum atomic E-state index is 4.43. The Bertz CT molecular complexity index is 413. The summed E-state index contributed by atoms with van der Waals surface area (Å²) in [4.78, 5) is 0. The molecule has 102 valence electrons. The van der Waals surface area contributed by atoms with Gasteiger partial charge in [-0.25, -0.2) is 0 Å². The number of aromatic nitrogens is 2. The molecule has 1 fully saturated rings. The number of nitrogens with zero attached hydrogens (tertiary/aromatic N) is 2. The van der Waals surface area contributed by atoms with Gasteiger partial charge in [0.1, 0.15) is 0 Å². The number of aryl methyl sites for hydroxylation is 2. The van der Waals surface area contributed by atoms with E-state index >= 15 is 0 Å². The van der Waals surface area contributed by atoms with Crippen molar-refractivity contribution in [1.29, 1.82) is 0 Å². The molecule has 0 spiro atoms. The Morgan fingerprint density at radius 3 is 2.50 bits per heavy atom. The Balaban J connectivity index is 1.89. The molecule has 0 unspecified atom stereocenters. The first-order valence-corrected chi connectivity index (χ1v) is 7.60. The van der Waals surface area contributed by atoms with Crippen molar-refractivity contribution in [2.75, 3.05) is 0 Å². The van der Waals surface area contributed by atoms with Crippen molar-refractivity contribution < 1.29 is 0 Å². The summed E-state index contributed by atoms with van der Waals surface area (Å²) in [6, 6.07) is 0.667. The number of hydrogen-bond acceptors (Lipinski definition) is 2. The molecule has 1 aromatic heterocycles. The molecule has 0 aliphatic heterocycles. The molecule has 0 bridgehead atoms. The molecule has 0 saturated heterocycles. The topological polar surface area (TPSA) is 29.9 Å². The summed E-state index contributed by atoms with van der Waals surface area (Å²) in [5.41, 5.74) is 2.86. The van der Waals surface area contributed by atoms with E-state index in [0.29, 0.717) is 11.5 Å². The van der Waals surface area contributed by atoms with Crippen molar-refractivity contribution in [1.82, 2.24) is 15.1 Å². The molecule has 0 amide bonds. The fraction of sp³-hybridized carbons (Fsp3) is 0.786. The van der Waals surface area contributed by atoms with Crippen LogP contribution in [0.5, 0.6) is 0 Å². The SMILES string of the molecule is Cc1nn(C)c(CNC2CCC(C)(C)CC2)c1Br. The van der Waals surface area contributed by atoms with Gasteiger partial charge in [-0.15, -0.1) is 0 Å². The van der Waals surface area contributed by atoms with Gasteiger partial charge in [-0.2, -0.15) is 5.10 Å². The summed E-state index contributed by atoms with van der Waals surface area (Å²) in [5.74, 6) is 0. The van der Waals surface area contributed by atoms with Crippen LogP contribution in [0.2, 0.25) is 0 Å². The highest BCUT2D eigenvalue weighted by atomic mass is 79.9. The van der Waals surface area contributed by atoms with Crippen molar-refractivity contribution >= 4 is 15.9 Å². The number of nitrogens with one attached hydrogen (secondary N) is 1. The molecule has 0 aromatic carbocycles. The maximum absolute atomic E-state index is 4.43.